The first-order chi connectivity index (χ1) is 13.3. The van der Waals surface area contributed by atoms with Gasteiger partial charge in [0.05, 0.1) is 4.90 Å². The second-order valence-electron chi connectivity index (χ2n) is 8.14. The maximum Gasteiger partial charge on any atom is 0.243 e. The van der Waals surface area contributed by atoms with E-state index >= 15 is 0 Å². The third kappa shape index (κ3) is 4.58. The van der Waals surface area contributed by atoms with E-state index < -0.39 is 10.0 Å². The number of benzene rings is 1. The summed E-state index contributed by atoms with van der Waals surface area (Å²) in [5, 5.41) is 3.24. The van der Waals surface area contributed by atoms with Crippen molar-refractivity contribution < 1.29 is 13.2 Å². The van der Waals surface area contributed by atoms with Gasteiger partial charge in [-0.3, -0.25) is 4.79 Å². The van der Waals surface area contributed by atoms with Crippen molar-refractivity contribution in [3.05, 3.63) is 28.8 Å². The topological polar surface area (TPSA) is 69.7 Å². The molecule has 0 radical (unpaired) electrons. The van der Waals surface area contributed by atoms with Gasteiger partial charge < -0.3 is 10.2 Å². The highest BCUT2D eigenvalue weighted by molar-refractivity contribution is 7.89. The van der Waals surface area contributed by atoms with E-state index in [2.05, 4.69) is 5.32 Å². The molecule has 1 aliphatic heterocycles. The van der Waals surface area contributed by atoms with Crippen molar-refractivity contribution in [3.63, 3.8) is 0 Å². The average molecular weight is 408 g/mol. The fraction of sp³-hybridized carbons (Fsp3) is 0.667. The molecular weight excluding hydrogens is 374 g/mol. The maximum absolute atomic E-state index is 13.6. The van der Waals surface area contributed by atoms with Crippen LogP contribution in [-0.4, -0.2) is 62.3 Å². The van der Waals surface area contributed by atoms with Gasteiger partial charge in [-0.15, -0.1) is 0 Å². The van der Waals surface area contributed by atoms with Crippen molar-refractivity contribution >= 4 is 15.9 Å². The molecule has 1 aromatic carbocycles. The van der Waals surface area contributed by atoms with Gasteiger partial charge in [0, 0.05) is 45.2 Å². The zero-order valence-corrected chi connectivity index (χ0v) is 18.1. The van der Waals surface area contributed by atoms with Crippen LogP contribution in [0.5, 0.6) is 0 Å². The van der Waals surface area contributed by atoms with Gasteiger partial charge in [-0.2, -0.15) is 4.31 Å². The normalized spacial score (nSPS) is 18.8. The highest BCUT2D eigenvalue weighted by atomic mass is 32.2. The van der Waals surface area contributed by atoms with E-state index in [-0.39, 0.29) is 24.9 Å². The summed E-state index contributed by atoms with van der Waals surface area (Å²) in [5.74, 6) is 0.0523. The number of nitrogens with one attached hydrogen (secondary N) is 1. The van der Waals surface area contributed by atoms with Crippen LogP contribution in [0.15, 0.2) is 17.0 Å². The van der Waals surface area contributed by atoms with Crippen LogP contribution in [0.4, 0.5) is 0 Å². The van der Waals surface area contributed by atoms with Gasteiger partial charge in [-0.25, -0.2) is 8.42 Å². The van der Waals surface area contributed by atoms with Crippen molar-refractivity contribution in [2.75, 3.05) is 32.7 Å². The molecule has 0 aromatic heterocycles. The summed E-state index contributed by atoms with van der Waals surface area (Å²) >= 11 is 0. The Bertz CT molecular complexity index is 810. The molecule has 2 aliphatic rings. The Hall–Kier alpha value is -1.44. The number of amides is 1. The summed E-state index contributed by atoms with van der Waals surface area (Å²) in [6.07, 6.45) is 4.11. The van der Waals surface area contributed by atoms with Crippen LogP contribution in [0.2, 0.25) is 0 Å². The third-order valence-electron chi connectivity index (χ3n) is 6.13. The second-order valence-corrected chi connectivity index (χ2v) is 10.00. The number of hydrogen-bond acceptors (Lipinski definition) is 4. The lowest BCUT2D eigenvalue weighted by atomic mass is 10.1. The molecule has 0 spiro atoms. The van der Waals surface area contributed by atoms with Gasteiger partial charge in [0.2, 0.25) is 15.9 Å². The standard InChI is InChI=1S/C21H33N3O3S/c1-16-14-18(3)20(15-17(16)2)28(26,27)24(19-6-4-5-7-19)11-8-21(25)23-12-9-22-10-13-23/h14-15,19,22H,4-13H2,1-3H3. The first-order valence-electron chi connectivity index (χ1n) is 10.4. The molecule has 28 heavy (non-hydrogen) atoms. The lowest BCUT2D eigenvalue weighted by molar-refractivity contribution is -0.131. The van der Waals surface area contributed by atoms with Crippen LogP contribution in [0.25, 0.3) is 0 Å². The predicted molar refractivity (Wildman–Crippen MR) is 111 cm³/mol. The first-order valence-corrected chi connectivity index (χ1v) is 11.8. The Morgan fingerprint density at radius 3 is 2.32 bits per heavy atom. The van der Waals surface area contributed by atoms with Crippen molar-refractivity contribution in [2.45, 2.75) is 63.8 Å². The summed E-state index contributed by atoms with van der Waals surface area (Å²) in [6.45, 7) is 9.08. The molecule has 0 atom stereocenters. The van der Waals surface area contributed by atoms with E-state index in [1.165, 1.54) is 0 Å². The number of carbonyl (C=O) groups excluding carboxylic acids is 1. The fourth-order valence-corrected chi connectivity index (χ4v) is 6.29. The number of nitrogens with zero attached hydrogens (tertiary/aromatic N) is 2. The van der Waals surface area contributed by atoms with Gasteiger partial charge in [-0.1, -0.05) is 18.9 Å². The number of aryl methyl sites for hydroxylation is 3. The van der Waals surface area contributed by atoms with E-state index in [4.69, 9.17) is 0 Å². The highest BCUT2D eigenvalue weighted by Crippen LogP contribution is 2.31. The number of rotatable bonds is 6. The van der Waals surface area contributed by atoms with Gasteiger partial charge >= 0.3 is 0 Å². The Labute approximate surface area is 169 Å². The molecular formula is C21H33N3O3S. The maximum atomic E-state index is 13.6. The molecule has 7 heteroatoms. The molecule has 2 fully saturated rings. The zero-order valence-electron chi connectivity index (χ0n) is 17.3. The summed E-state index contributed by atoms with van der Waals surface area (Å²) < 4.78 is 28.8. The largest absolute Gasteiger partial charge is 0.340 e. The van der Waals surface area contributed by atoms with Crippen molar-refractivity contribution in [2.24, 2.45) is 0 Å². The molecule has 156 valence electrons. The van der Waals surface area contributed by atoms with E-state index in [1.807, 2.05) is 31.7 Å². The lowest BCUT2D eigenvalue weighted by Gasteiger charge is -2.31. The van der Waals surface area contributed by atoms with E-state index in [0.29, 0.717) is 18.0 Å². The van der Waals surface area contributed by atoms with Gasteiger partial charge in [-0.05, 0) is 56.4 Å². The monoisotopic (exact) mass is 407 g/mol. The van der Waals surface area contributed by atoms with E-state index in [9.17, 15) is 13.2 Å². The molecule has 0 unspecified atom stereocenters. The van der Waals surface area contributed by atoms with Crippen LogP contribution in [0, 0.1) is 20.8 Å². The zero-order chi connectivity index (χ0) is 20.3. The summed E-state index contributed by atoms with van der Waals surface area (Å²) in [7, 11) is -3.63. The minimum atomic E-state index is -3.63. The van der Waals surface area contributed by atoms with Crippen LogP contribution >= 0.6 is 0 Å². The Balaban J connectivity index is 1.83. The Kier molecular flexibility index (Phi) is 6.78. The van der Waals surface area contributed by atoms with E-state index in [0.717, 1.165) is 55.5 Å². The second kappa shape index (κ2) is 8.93. The number of piperazine rings is 1. The smallest absolute Gasteiger partial charge is 0.243 e. The van der Waals surface area contributed by atoms with Gasteiger partial charge in [0.25, 0.3) is 0 Å². The molecule has 1 aromatic rings. The molecule has 1 heterocycles. The van der Waals surface area contributed by atoms with E-state index in [1.54, 1.807) is 10.4 Å². The third-order valence-corrected chi connectivity index (χ3v) is 8.22. The average Bonchev–Trinajstić information content (AvgIpc) is 3.19. The highest BCUT2D eigenvalue weighted by Gasteiger charge is 2.35. The molecule has 1 amide bonds. The molecule has 3 rings (SSSR count). The molecule has 0 bridgehead atoms. The van der Waals surface area contributed by atoms with Crippen molar-refractivity contribution in [1.82, 2.24) is 14.5 Å². The Morgan fingerprint density at radius 2 is 1.68 bits per heavy atom. The minimum absolute atomic E-state index is 0.00170. The van der Waals surface area contributed by atoms with Crippen molar-refractivity contribution in [1.29, 1.82) is 0 Å². The SMILES string of the molecule is Cc1cc(C)c(S(=O)(=O)N(CCC(=O)N2CCNCC2)C2CCCC2)cc1C. The summed E-state index contributed by atoms with van der Waals surface area (Å²) in [6, 6.07) is 3.74. The first kappa shape index (κ1) is 21.3. The minimum Gasteiger partial charge on any atom is -0.340 e. The quantitative estimate of drug-likeness (QED) is 0.786. The lowest BCUT2D eigenvalue weighted by Crippen LogP contribution is -2.48. The molecule has 6 nitrogen and oxygen atoms in total. The van der Waals surface area contributed by atoms with Gasteiger partial charge in [0.1, 0.15) is 0 Å². The van der Waals surface area contributed by atoms with Crippen LogP contribution in [0.3, 0.4) is 0 Å². The van der Waals surface area contributed by atoms with Crippen LogP contribution in [-0.2, 0) is 14.8 Å². The summed E-state index contributed by atoms with van der Waals surface area (Å²) in [5.41, 5.74) is 2.85. The molecule has 1 saturated carbocycles. The molecule has 1 aliphatic carbocycles. The van der Waals surface area contributed by atoms with Crippen LogP contribution in [0.1, 0.15) is 48.8 Å². The van der Waals surface area contributed by atoms with Crippen LogP contribution < -0.4 is 5.32 Å². The fourth-order valence-electron chi connectivity index (χ4n) is 4.31. The molecule has 1 saturated heterocycles. The summed E-state index contributed by atoms with van der Waals surface area (Å²) in [4.78, 5) is 14.9. The number of carbonyl (C=O) groups is 1. The number of hydrogen-bond donors (Lipinski definition) is 1. The molecule has 1 N–H and O–H groups in total. The predicted octanol–water partition coefficient (Wildman–Crippen LogP) is 2.37. The van der Waals surface area contributed by atoms with Crippen molar-refractivity contribution in [3.8, 4) is 0 Å². The van der Waals surface area contributed by atoms with Gasteiger partial charge in [0.15, 0.2) is 0 Å². The number of sulfonamides is 1. The Morgan fingerprint density at radius 1 is 1.07 bits per heavy atom.